The highest BCUT2D eigenvalue weighted by Gasteiger charge is 2.76. The number of hydrogen-bond acceptors (Lipinski definition) is 13. The van der Waals surface area contributed by atoms with Crippen molar-refractivity contribution in [1.29, 1.82) is 0 Å². The summed E-state index contributed by atoms with van der Waals surface area (Å²) in [5.74, 6) is -0.433. The van der Waals surface area contributed by atoms with Crippen molar-refractivity contribution in [2.45, 2.75) is 56.2 Å². The van der Waals surface area contributed by atoms with Gasteiger partial charge in [-0.1, -0.05) is 6.92 Å². The lowest BCUT2D eigenvalue weighted by molar-refractivity contribution is -0.0922. The first-order valence-corrected chi connectivity index (χ1v) is 14.9. The van der Waals surface area contributed by atoms with E-state index in [4.69, 9.17) is 30.0 Å². The second-order valence-corrected chi connectivity index (χ2v) is 12.5. The molecule has 3 saturated heterocycles. The van der Waals surface area contributed by atoms with Crippen LogP contribution in [-0.2, 0) is 23.1 Å². The molecule has 1 spiro atoms. The number of anilines is 2. The lowest BCUT2D eigenvalue weighted by atomic mass is 9.95. The Balaban J connectivity index is 1.14. The molecule has 4 aromatic rings. The summed E-state index contributed by atoms with van der Waals surface area (Å²) in [4.78, 5) is 46.2. The summed E-state index contributed by atoms with van der Waals surface area (Å²) in [6, 6.07) is 0. The van der Waals surface area contributed by atoms with Crippen LogP contribution >= 0.6 is 7.82 Å². The second kappa shape index (κ2) is 8.75. The molecule has 0 aromatic carbocycles. The fourth-order valence-electron chi connectivity index (χ4n) is 7.16. The molecule has 0 amide bonds. The molecular weight excluding hydrogens is 578 g/mol. The molecule has 3 aliphatic heterocycles. The minimum absolute atomic E-state index is 0.0141. The molecule has 17 nitrogen and oxygen atoms in total. The monoisotopic (exact) mass is 604 g/mol. The van der Waals surface area contributed by atoms with Gasteiger partial charge in [-0.25, -0.2) is 28.9 Å². The van der Waals surface area contributed by atoms with E-state index in [-0.39, 0.29) is 53.7 Å². The van der Waals surface area contributed by atoms with E-state index in [2.05, 4.69) is 29.9 Å². The first kappa shape index (κ1) is 26.1. The van der Waals surface area contributed by atoms with E-state index in [0.29, 0.717) is 17.6 Å². The predicted molar refractivity (Wildman–Crippen MR) is 140 cm³/mol. The highest BCUT2D eigenvalue weighted by atomic mass is 31.2. The van der Waals surface area contributed by atoms with Crippen LogP contribution in [0, 0.1) is 17.8 Å². The molecule has 1 aliphatic carbocycles. The molecule has 4 aliphatic rings. The van der Waals surface area contributed by atoms with Gasteiger partial charge in [-0.05, 0) is 18.8 Å². The second-order valence-electron chi connectivity index (χ2n) is 11.1. The van der Waals surface area contributed by atoms with E-state index in [1.54, 1.807) is 10.9 Å². The third-order valence-corrected chi connectivity index (χ3v) is 9.97. The summed E-state index contributed by atoms with van der Waals surface area (Å²) >= 11 is 0. The fourth-order valence-corrected chi connectivity index (χ4v) is 8.12. The van der Waals surface area contributed by atoms with E-state index in [9.17, 15) is 14.3 Å². The molecule has 4 aromatic heterocycles. The summed E-state index contributed by atoms with van der Waals surface area (Å²) in [5, 5.41) is 0. The molecule has 0 radical (unpaired) electrons. The Morgan fingerprint density at radius 3 is 2.71 bits per heavy atom. The topological polar surface area (TPSA) is 233 Å². The van der Waals surface area contributed by atoms with Crippen LogP contribution in [0.15, 0.2) is 23.8 Å². The summed E-state index contributed by atoms with van der Waals surface area (Å²) in [7, 11) is -4.83. The number of aromatic amines is 1. The van der Waals surface area contributed by atoms with Crippen LogP contribution in [-0.4, -0.2) is 74.5 Å². The number of alkyl halides is 1. The van der Waals surface area contributed by atoms with E-state index in [1.807, 2.05) is 6.92 Å². The third kappa shape index (κ3) is 3.56. The molecule has 222 valence electrons. The number of phosphoric ester groups is 1. The summed E-state index contributed by atoms with van der Waals surface area (Å²) < 4.78 is 55.9. The smallest absolute Gasteiger partial charge is 0.382 e. The zero-order valence-corrected chi connectivity index (χ0v) is 22.9. The van der Waals surface area contributed by atoms with Gasteiger partial charge >= 0.3 is 7.82 Å². The van der Waals surface area contributed by atoms with E-state index in [1.165, 1.54) is 17.2 Å². The number of nitrogens with one attached hydrogen (secondary N) is 1. The van der Waals surface area contributed by atoms with Gasteiger partial charge in [-0.2, -0.15) is 4.98 Å². The van der Waals surface area contributed by atoms with Gasteiger partial charge in [0.25, 0.3) is 5.56 Å². The lowest BCUT2D eigenvalue weighted by Crippen LogP contribution is -2.34. The van der Waals surface area contributed by atoms with Crippen LogP contribution in [0.2, 0.25) is 0 Å². The molecule has 6 N–H and O–H groups in total. The number of aromatic nitrogens is 8. The quantitative estimate of drug-likeness (QED) is 0.237. The molecule has 4 unspecified atom stereocenters. The molecule has 4 fully saturated rings. The number of fused-ring (bicyclic) bond motifs is 5. The van der Waals surface area contributed by atoms with Gasteiger partial charge < -0.3 is 25.8 Å². The molecule has 19 heteroatoms. The van der Waals surface area contributed by atoms with Crippen molar-refractivity contribution < 1.29 is 32.4 Å². The van der Waals surface area contributed by atoms with E-state index >= 15 is 4.39 Å². The maximum atomic E-state index is 16.0. The normalized spacial score (nSPS) is 39.4. The number of imidazole rings is 2. The van der Waals surface area contributed by atoms with Gasteiger partial charge in [0.1, 0.15) is 29.8 Å². The number of ether oxygens (including phenoxy) is 2. The number of H-pyrrole nitrogens is 1. The van der Waals surface area contributed by atoms with Crippen LogP contribution in [0.4, 0.5) is 16.2 Å². The number of nitrogens with two attached hydrogens (primary N) is 2. The maximum Gasteiger partial charge on any atom is 0.472 e. The van der Waals surface area contributed by atoms with Crippen molar-refractivity contribution >= 4 is 41.9 Å². The van der Waals surface area contributed by atoms with Gasteiger partial charge in [0.05, 0.1) is 25.4 Å². The van der Waals surface area contributed by atoms with Gasteiger partial charge in [0.2, 0.25) is 5.95 Å². The van der Waals surface area contributed by atoms with Crippen LogP contribution in [0.5, 0.6) is 0 Å². The molecule has 7 heterocycles. The minimum atomic E-state index is -4.83. The minimum Gasteiger partial charge on any atom is -0.382 e. The van der Waals surface area contributed by atoms with Crippen molar-refractivity contribution in [2.24, 2.45) is 17.8 Å². The Kier molecular flexibility index (Phi) is 5.44. The SMILES string of the molecule is CC[C@H]1[C@H](n2cnc3c(N)ncnc32)OC23COP(=O)(O)O[C@@H]4[C@H](F)C(CC2[C@@H]13)O[C@H]4n1cnc2c(=O)[nH]c(N)nc21. The van der Waals surface area contributed by atoms with Crippen LogP contribution in [0.25, 0.3) is 22.3 Å². The zero-order valence-electron chi connectivity index (χ0n) is 22.0. The Hall–Kier alpha value is -3.54. The fraction of sp³-hybridized carbons (Fsp3) is 0.565. The third-order valence-electron chi connectivity index (χ3n) is 9.00. The highest BCUT2D eigenvalue weighted by Crippen LogP contribution is 2.71. The van der Waals surface area contributed by atoms with E-state index < -0.39 is 49.8 Å². The van der Waals surface area contributed by atoms with Crippen LogP contribution in [0.3, 0.4) is 0 Å². The standard InChI is InChI=1S/C23H26FN10O7P/c1-2-8-11-9-3-10-12(24)15(21(39-10)34-7-30-14-18(34)31-22(26)32-19(14)35)41-42(36,37)38-4-23(9,11)40-20(8)33-6-29-13-16(25)27-5-28-17(13)33/h5-12,15,20-21H,2-4H2,1H3,(H,36,37)(H2,25,27,28)(H3,26,31,32,35)/t8-,9?,10?,11-,12-,15-,20-,21-,23?/m1/s1. The Labute approximate surface area is 235 Å². The predicted octanol–water partition coefficient (Wildman–Crippen LogP) is 0.805. The largest absolute Gasteiger partial charge is 0.472 e. The number of hydrogen-bond donors (Lipinski definition) is 4. The molecule has 10 atom stereocenters. The molecule has 1 saturated carbocycles. The molecular formula is C23H26FN10O7P. The summed E-state index contributed by atoms with van der Waals surface area (Å²) in [5.41, 5.74) is 11.0. The van der Waals surface area contributed by atoms with Crippen molar-refractivity contribution in [3.63, 3.8) is 0 Å². The number of phosphoric acid groups is 1. The lowest BCUT2D eigenvalue weighted by Gasteiger charge is -2.29. The Morgan fingerprint density at radius 1 is 1.17 bits per heavy atom. The van der Waals surface area contributed by atoms with Crippen molar-refractivity contribution in [1.82, 2.24) is 39.0 Å². The molecule has 2 bridgehead atoms. The Morgan fingerprint density at radius 2 is 1.93 bits per heavy atom. The first-order chi connectivity index (χ1) is 20.1. The number of nitrogens with zero attached hydrogens (tertiary/aromatic N) is 7. The van der Waals surface area contributed by atoms with E-state index in [0.717, 1.165) is 0 Å². The maximum absolute atomic E-state index is 16.0. The summed E-state index contributed by atoms with van der Waals surface area (Å²) in [6.07, 6.45) is -1.15. The highest BCUT2D eigenvalue weighted by molar-refractivity contribution is 7.47. The van der Waals surface area contributed by atoms with Crippen molar-refractivity contribution in [3.8, 4) is 0 Å². The van der Waals surface area contributed by atoms with Gasteiger partial charge in [-0.15, -0.1) is 0 Å². The van der Waals surface area contributed by atoms with Crippen LogP contribution in [0.1, 0.15) is 32.2 Å². The van der Waals surface area contributed by atoms with Gasteiger partial charge in [-0.3, -0.25) is 28.0 Å². The average molecular weight is 604 g/mol. The molecule has 42 heavy (non-hydrogen) atoms. The number of halogens is 1. The van der Waals surface area contributed by atoms with Gasteiger partial charge in [0, 0.05) is 11.8 Å². The van der Waals surface area contributed by atoms with Gasteiger partial charge in [0.15, 0.2) is 35.0 Å². The Bertz CT molecular complexity index is 1850. The average Bonchev–Trinajstić information content (AvgIpc) is 3.44. The first-order valence-electron chi connectivity index (χ1n) is 13.4. The van der Waals surface area contributed by atoms with Crippen molar-refractivity contribution in [3.05, 3.63) is 29.3 Å². The van der Waals surface area contributed by atoms with Crippen molar-refractivity contribution in [2.75, 3.05) is 18.1 Å². The zero-order chi connectivity index (χ0) is 29.1. The molecule has 8 rings (SSSR count). The number of nitrogen functional groups attached to an aromatic ring is 2. The summed E-state index contributed by atoms with van der Waals surface area (Å²) in [6.45, 7) is 1.75. The van der Waals surface area contributed by atoms with Crippen LogP contribution < -0.4 is 17.0 Å². The number of rotatable bonds is 3.